The van der Waals surface area contributed by atoms with Crippen LogP contribution in [0.1, 0.15) is 17.3 Å². The number of amides is 2. The van der Waals surface area contributed by atoms with Crippen molar-refractivity contribution in [3.8, 4) is 5.75 Å². The second-order valence-corrected chi connectivity index (χ2v) is 6.71. The minimum atomic E-state index is -0.535. The van der Waals surface area contributed by atoms with Crippen molar-refractivity contribution < 1.29 is 14.3 Å². The van der Waals surface area contributed by atoms with Crippen LogP contribution in [0.15, 0.2) is 47.4 Å². The molecule has 2 aromatic carbocycles. The van der Waals surface area contributed by atoms with Gasteiger partial charge in [-0.25, -0.2) is 0 Å². The van der Waals surface area contributed by atoms with Crippen molar-refractivity contribution in [1.29, 1.82) is 0 Å². The molecule has 5 nitrogen and oxygen atoms in total. The van der Waals surface area contributed by atoms with Crippen LogP contribution in [0.2, 0.25) is 10.0 Å². The van der Waals surface area contributed by atoms with Crippen LogP contribution >= 0.6 is 35.0 Å². The summed E-state index contributed by atoms with van der Waals surface area (Å²) in [4.78, 5) is 24.8. The van der Waals surface area contributed by atoms with Crippen molar-refractivity contribution in [2.45, 2.75) is 11.8 Å². The minimum Gasteiger partial charge on any atom is -0.494 e. The van der Waals surface area contributed by atoms with Crippen LogP contribution < -0.4 is 15.6 Å². The fraction of sp³-hybridized carbons (Fsp3) is 0.176. The Hall–Kier alpha value is -1.89. The summed E-state index contributed by atoms with van der Waals surface area (Å²) in [6.07, 6.45) is 0. The van der Waals surface area contributed by atoms with Crippen molar-refractivity contribution in [1.82, 2.24) is 10.9 Å². The quantitative estimate of drug-likeness (QED) is 0.570. The zero-order valence-electron chi connectivity index (χ0n) is 13.3. The zero-order chi connectivity index (χ0) is 18.2. The van der Waals surface area contributed by atoms with E-state index in [1.807, 2.05) is 31.2 Å². The van der Waals surface area contributed by atoms with Crippen LogP contribution in [0.4, 0.5) is 0 Å². The number of carbonyl (C=O) groups is 2. The van der Waals surface area contributed by atoms with Crippen LogP contribution in [0.3, 0.4) is 0 Å². The first-order valence-corrected chi connectivity index (χ1v) is 9.13. The molecule has 8 heteroatoms. The molecule has 2 rings (SSSR count). The van der Waals surface area contributed by atoms with E-state index in [0.717, 1.165) is 10.6 Å². The number of hydrogen-bond donors (Lipinski definition) is 2. The molecular formula is C17H16Cl2N2O3S. The molecule has 132 valence electrons. The molecule has 0 bridgehead atoms. The number of benzene rings is 2. The minimum absolute atomic E-state index is 0.150. The second-order valence-electron chi connectivity index (χ2n) is 4.82. The Morgan fingerprint density at radius 2 is 1.80 bits per heavy atom. The number of carbonyl (C=O) groups excluding carboxylic acids is 2. The molecule has 0 aliphatic heterocycles. The Kier molecular flexibility index (Phi) is 7.43. The maximum Gasteiger partial charge on any atom is 0.271 e. The highest BCUT2D eigenvalue weighted by Gasteiger charge is 2.12. The van der Waals surface area contributed by atoms with E-state index in [-0.39, 0.29) is 22.2 Å². The van der Waals surface area contributed by atoms with Gasteiger partial charge < -0.3 is 4.74 Å². The van der Waals surface area contributed by atoms with Gasteiger partial charge in [-0.3, -0.25) is 20.4 Å². The lowest BCUT2D eigenvalue weighted by atomic mass is 10.2. The normalized spacial score (nSPS) is 10.2. The number of hydrazine groups is 1. The first-order chi connectivity index (χ1) is 12.0. The van der Waals surface area contributed by atoms with Crippen LogP contribution in [0.25, 0.3) is 0 Å². The highest BCUT2D eigenvalue weighted by molar-refractivity contribution is 8.00. The topological polar surface area (TPSA) is 67.4 Å². The van der Waals surface area contributed by atoms with Gasteiger partial charge >= 0.3 is 0 Å². The van der Waals surface area contributed by atoms with Gasteiger partial charge in [0.25, 0.3) is 5.91 Å². The number of nitrogens with one attached hydrogen (secondary N) is 2. The van der Waals surface area contributed by atoms with E-state index in [1.54, 1.807) is 6.07 Å². The Bertz CT molecular complexity index is 754. The average Bonchev–Trinajstić information content (AvgIpc) is 2.61. The Morgan fingerprint density at radius 3 is 2.48 bits per heavy atom. The molecule has 0 atom stereocenters. The number of thioether (sulfide) groups is 1. The van der Waals surface area contributed by atoms with Crippen LogP contribution in [-0.4, -0.2) is 24.2 Å². The smallest absolute Gasteiger partial charge is 0.271 e. The van der Waals surface area contributed by atoms with Crippen molar-refractivity contribution in [2.75, 3.05) is 12.4 Å². The monoisotopic (exact) mass is 398 g/mol. The van der Waals surface area contributed by atoms with Crippen molar-refractivity contribution in [3.05, 3.63) is 58.1 Å². The summed E-state index contributed by atoms with van der Waals surface area (Å²) in [5.74, 6) is 0.0524. The first kappa shape index (κ1) is 19.4. The fourth-order valence-corrected chi connectivity index (χ4v) is 2.92. The SMILES string of the molecule is CCOc1ccc(SCC(=O)NNC(=O)c2cc(Cl)ccc2Cl)cc1. The first-order valence-electron chi connectivity index (χ1n) is 7.39. The lowest BCUT2D eigenvalue weighted by Crippen LogP contribution is -2.42. The van der Waals surface area contributed by atoms with E-state index in [4.69, 9.17) is 27.9 Å². The van der Waals surface area contributed by atoms with Gasteiger partial charge in [-0.1, -0.05) is 23.2 Å². The van der Waals surface area contributed by atoms with E-state index in [9.17, 15) is 9.59 Å². The van der Waals surface area contributed by atoms with Crippen LogP contribution in [-0.2, 0) is 4.79 Å². The third-order valence-corrected chi connectivity index (χ3v) is 4.57. The highest BCUT2D eigenvalue weighted by atomic mass is 35.5. The van der Waals surface area contributed by atoms with Gasteiger partial charge in [0.1, 0.15) is 5.75 Å². The molecule has 0 saturated carbocycles. The number of ether oxygens (including phenoxy) is 1. The molecule has 0 unspecified atom stereocenters. The molecule has 0 aliphatic rings. The summed E-state index contributed by atoms with van der Waals surface area (Å²) in [6, 6.07) is 11.9. The molecule has 25 heavy (non-hydrogen) atoms. The molecule has 0 aromatic heterocycles. The molecule has 2 N–H and O–H groups in total. The summed E-state index contributed by atoms with van der Waals surface area (Å²) < 4.78 is 5.36. The van der Waals surface area contributed by atoms with Gasteiger partial charge in [0.05, 0.1) is 22.9 Å². The summed E-state index contributed by atoms with van der Waals surface area (Å²) in [7, 11) is 0. The fourth-order valence-electron chi connectivity index (χ4n) is 1.85. The van der Waals surface area contributed by atoms with E-state index in [1.165, 1.54) is 23.9 Å². The van der Waals surface area contributed by atoms with Crippen LogP contribution in [0.5, 0.6) is 5.75 Å². The molecule has 0 spiro atoms. The number of hydrogen-bond acceptors (Lipinski definition) is 4. The van der Waals surface area contributed by atoms with E-state index >= 15 is 0 Å². The predicted octanol–water partition coefficient (Wildman–Crippen LogP) is 3.95. The van der Waals surface area contributed by atoms with Crippen molar-refractivity contribution in [2.24, 2.45) is 0 Å². The Balaban J connectivity index is 1.80. The lowest BCUT2D eigenvalue weighted by Gasteiger charge is -2.09. The van der Waals surface area contributed by atoms with Gasteiger partial charge in [-0.15, -0.1) is 11.8 Å². The van der Waals surface area contributed by atoms with E-state index in [2.05, 4.69) is 10.9 Å². The maximum atomic E-state index is 12.0. The largest absolute Gasteiger partial charge is 0.494 e. The van der Waals surface area contributed by atoms with Gasteiger partial charge in [0, 0.05) is 9.92 Å². The number of halogens is 2. The van der Waals surface area contributed by atoms with Gasteiger partial charge in [0.15, 0.2) is 0 Å². The van der Waals surface area contributed by atoms with Crippen molar-refractivity contribution >= 4 is 46.8 Å². The van der Waals surface area contributed by atoms with Gasteiger partial charge in [0.2, 0.25) is 5.91 Å². The molecule has 0 radical (unpaired) electrons. The van der Waals surface area contributed by atoms with Gasteiger partial charge in [-0.2, -0.15) is 0 Å². The van der Waals surface area contributed by atoms with E-state index in [0.29, 0.717) is 11.6 Å². The summed E-state index contributed by atoms with van der Waals surface area (Å²) in [5, 5.41) is 0.631. The molecule has 0 aliphatic carbocycles. The Labute approximate surface area is 160 Å². The average molecular weight is 399 g/mol. The van der Waals surface area contributed by atoms with Gasteiger partial charge in [-0.05, 0) is 49.4 Å². The molecule has 0 saturated heterocycles. The molecule has 2 aromatic rings. The van der Waals surface area contributed by atoms with Crippen molar-refractivity contribution in [3.63, 3.8) is 0 Å². The highest BCUT2D eigenvalue weighted by Crippen LogP contribution is 2.22. The third kappa shape index (κ3) is 6.16. The maximum absolute atomic E-state index is 12.0. The molecular weight excluding hydrogens is 383 g/mol. The molecule has 0 fully saturated rings. The lowest BCUT2D eigenvalue weighted by molar-refractivity contribution is -0.119. The summed E-state index contributed by atoms with van der Waals surface area (Å²) in [5.41, 5.74) is 4.85. The summed E-state index contributed by atoms with van der Waals surface area (Å²) >= 11 is 13.1. The second kappa shape index (κ2) is 9.56. The van der Waals surface area contributed by atoms with Crippen LogP contribution in [0, 0.1) is 0 Å². The number of rotatable bonds is 6. The molecule has 2 amide bonds. The third-order valence-electron chi connectivity index (χ3n) is 2.99. The van der Waals surface area contributed by atoms with E-state index < -0.39 is 5.91 Å². The Morgan fingerprint density at radius 1 is 1.08 bits per heavy atom. The zero-order valence-corrected chi connectivity index (χ0v) is 15.7. The summed E-state index contributed by atoms with van der Waals surface area (Å²) in [6.45, 7) is 2.52. The molecule has 0 heterocycles. The standard InChI is InChI=1S/C17H16Cl2N2O3S/c1-2-24-12-4-6-13(7-5-12)25-10-16(22)20-21-17(23)14-9-11(18)3-8-15(14)19/h3-9H,2,10H2,1H3,(H,20,22)(H,21,23). The predicted molar refractivity (Wildman–Crippen MR) is 100 cm³/mol.